The molecular weight excluding hydrogens is 573 g/mol. The van der Waals surface area contributed by atoms with Crippen molar-refractivity contribution in [3.05, 3.63) is 0 Å². The predicted octanol–water partition coefficient (Wildman–Crippen LogP) is 3.92. The Labute approximate surface area is 234 Å². The van der Waals surface area contributed by atoms with Crippen molar-refractivity contribution in [2.24, 2.45) is 0 Å². The maximum atomic E-state index is 10.6. The van der Waals surface area contributed by atoms with Crippen molar-refractivity contribution < 1.29 is 70.1 Å². The van der Waals surface area contributed by atoms with Gasteiger partial charge in [0.2, 0.25) is 0 Å². The van der Waals surface area contributed by atoms with Gasteiger partial charge in [-0.1, -0.05) is 0 Å². The molecule has 0 rings (SSSR count). The number of esters is 1. The Balaban J connectivity index is -0.000000192. The third kappa shape index (κ3) is 32.9. The molecule has 0 saturated heterocycles. The molecule has 0 bridgehead atoms. The van der Waals surface area contributed by atoms with Crippen LogP contribution in [0.15, 0.2) is 0 Å². The fourth-order valence-electron chi connectivity index (χ4n) is 1.64. The molecule has 1 radical (unpaired) electrons. The summed E-state index contributed by atoms with van der Waals surface area (Å²) < 4.78 is 15.8. The molecule has 0 aromatic carbocycles. The first-order valence-corrected chi connectivity index (χ1v) is 14.4. The molecule has 187 valence electrons. The summed E-state index contributed by atoms with van der Waals surface area (Å²) in [4.78, 5) is 39.8. The Morgan fingerprint density at radius 2 is 1.38 bits per heavy atom. The van der Waals surface area contributed by atoms with Crippen molar-refractivity contribution in [3.63, 3.8) is 0 Å². The second-order valence-corrected chi connectivity index (χ2v) is 8.43. The molecule has 0 heterocycles. The minimum atomic E-state index is -0.955. The van der Waals surface area contributed by atoms with Crippen molar-refractivity contribution in [1.29, 1.82) is 0 Å². The van der Waals surface area contributed by atoms with Crippen LogP contribution >= 0.6 is 47.6 Å². The molecule has 0 amide bonds. The molecule has 2 unspecified atom stereocenters. The van der Waals surface area contributed by atoms with E-state index in [1.807, 2.05) is 12.5 Å². The number of carbonyl (C=O) groups excluding carboxylic acids is 3. The van der Waals surface area contributed by atoms with E-state index in [0.717, 1.165) is 11.5 Å². The van der Waals surface area contributed by atoms with Crippen molar-refractivity contribution in [2.45, 2.75) is 51.7 Å². The van der Waals surface area contributed by atoms with E-state index in [-0.39, 0.29) is 75.9 Å². The average molecular weight is 609 g/mol. The number of aliphatic carboxylic acids is 1. The molecule has 8 nitrogen and oxygen atoms in total. The first kappa shape index (κ1) is 39.9. The largest absolute Gasteiger partial charge is 0.542 e. The van der Waals surface area contributed by atoms with Crippen molar-refractivity contribution in [1.82, 2.24) is 0 Å². The Hall–Kier alpha value is 0.704. The maximum absolute atomic E-state index is 10.6. The van der Waals surface area contributed by atoms with E-state index in [9.17, 15) is 19.2 Å². The molecule has 0 saturated carbocycles. The van der Waals surface area contributed by atoms with Crippen LogP contribution in [0.3, 0.4) is 0 Å². The first-order valence-electron chi connectivity index (χ1n) is 9.32. The molecular formula is C19H35O8S4Y-. The predicted molar refractivity (Wildman–Crippen MR) is 133 cm³/mol. The van der Waals surface area contributed by atoms with E-state index >= 15 is 0 Å². The van der Waals surface area contributed by atoms with Crippen LogP contribution in [0.1, 0.15) is 39.5 Å². The number of carbonyl (C=O) groups is 3. The van der Waals surface area contributed by atoms with E-state index in [4.69, 9.17) is 13.5 Å². The minimum Gasteiger partial charge on any atom is -0.542 e. The van der Waals surface area contributed by atoms with Crippen LogP contribution in [0, 0.1) is 0 Å². The summed E-state index contributed by atoms with van der Waals surface area (Å²) in [7, 11) is 0. The van der Waals surface area contributed by atoms with Crippen LogP contribution in [-0.2, 0) is 65.0 Å². The monoisotopic (exact) mass is 608 g/mol. The smallest absolute Gasteiger partial charge is 0.306 e. The van der Waals surface area contributed by atoms with Crippen molar-refractivity contribution >= 4 is 71.6 Å². The van der Waals surface area contributed by atoms with Gasteiger partial charge >= 0.3 is 11.9 Å². The van der Waals surface area contributed by atoms with Crippen LogP contribution in [-0.4, -0.2) is 84.5 Å². The molecule has 2 atom stereocenters. The van der Waals surface area contributed by atoms with Crippen LogP contribution in [0.4, 0.5) is 0 Å². The summed E-state index contributed by atoms with van der Waals surface area (Å²) in [5.41, 5.74) is 0. The molecule has 13 heteroatoms. The van der Waals surface area contributed by atoms with Gasteiger partial charge in [0.1, 0.15) is 18.0 Å². The quantitative estimate of drug-likeness (QED) is 0.156. The summed E-state index contributed by atoms with van der Waals surface area (Å²) in [6, 6.07) is 0. The second-order valence-electron chi connectivity index (χ2n) is 5.56. The van der Waals surface area contributed by atoms with Crippen LogP contribution in [0.25, 0.3) is 0 Å². The van der Waals surface area contributed by atoms with Gasteiger partial charge in [-0.3, -0.25) is 15.9 Å². The zero-order chi connectivity index (χ0) is 24.5. The molecule has 0 aromatic rings. The van der Waals surface area contributed by atoms with Gasteiger partial charge < -0.3 is 27.8 Å². The number of carboxylic acids is 1. The minimum absolute atomic E-state index is 0. The number of hydrogen-bond donors (Lipinski definition) is 1. The second kappa shape index (κ2) is 31.7. The molecule has 32 heavy (non-hydrogen) atoms. The number of ketones is 1. The van der Waals surface area contributed by atoms with Gasteiger partial charge in [-0.25, -0.2) is 0 Å². The fourth-order valence-corrected chi connectivity index (χ4v) is 3.91. The molecule has 0 aromatic heterocycles. The number of ether oxygens (including phenoxy) is 1. The number of hydrogen-bond acceptors (Lipinski definition) is 11. The van der Waals surface area contributed by atoms with Gasteiger partial charge in [0.15, 0.2) is 0 Å². The fraction of sp³-hybridized carbons (Fsp3) is 0.789. The summed E-state index contributed by atoms with van der Waals surface area (Å²) >= 11 is 6.42. The van der Waals surface area contributed by atoms with Crippen molar-refractivity contribution in [2.75, 3.05) is 43.1 Å². The number of rotatable bonds is 16. The Kier molecular flexibility index (Phi) is 39.5. The average Bonchev–Trinajstić information content (AvgIpc) is 2.71. The molecule has 1 N–H and O–H groups in total. The Morgan fingerprint density at radius 3 is 1.62 bits per heavy atom. The van der Waals surface area contributed by atoms with Gasteiger partial charge in [0.25, 0.3) is 0 Å². The summed E-state index contributed by atoms with van der Waals surface area (Å²) in [5.74, 6) is 0.730. The van der Waals surface area contributed by atoms with E-state index in [0.29, 0.717) is 13.0 Å². The number of carboxylic acid groups (broad SMARTS) is 1. The van der Waals surface area contributed by atoms with E-state index in [2.05, 4.69) is 17.2 Å². The van der Waals surface area contributed by atoms with Crippen LogP contribution < -0.4 is 0 Å². The third-order valence-corrected chi connectivity index (χ3v) is 5.15. The summed E-state index contributed by atoms with van der Waals surface area (Å²) in [6.45, 7) is 3.58. The SMILES string of the molecule is CCOC(=O)CCC(C)=O.CSCC(OSC)C(CSC)OSC.O=[C-]CCC(=O)O.[Y]. The van der Waals surface area contributed by atoms with Gasteiger partial charge in [0.05, 0.1) is 13.0 Å². The van der Waals surface area contributed by atoms with Crippen LogP contribution in [0.2, 0.25) is 0 Å². The Morgan fingerprint density at radius 1 is 0.906 bits per heavy atom. The third-order valence-electron chi connectivity index (χ3n) is 2.94. The number of thioether (sulfide) groups is 2. The van der Waals surface area contributed by atoms with Gasteiger partial charge in [0, 0.05) is 69.6 Å². The van der Waals surface area contributed by atoms with Gasteiger partial charge in [-0.15, -0.1) is 6.42 Å². The van der Waals surface area contributed by atoms with Crippen molar-refractivity contribution in [3.8, 4) is 0 Å². The van der Waals surface area contributed by atoms with Gasteiger partial charge in [-0.2, -0.15) is 23.5 Å². The van der Waals surface area contributed by atoms with E-state index in [1.54, 1.807) is 30.4 Å². The normalized spacial score (nSPS) is 11.3. The molecule has 0 fully saturated rings. The Bertz CT molecular complexity index is 447. The first-order chi connectivity index (χ1) is 14.7. The summed E-state index contributed by atoms with van der Waals surface area (Å²) in [5, 5.41) is 7.87. The molecule has 0 aliphatic rings. The maximum Gasteiger partial charge on any atom is 0.306 e. The molecule has 0 aliphatic heterocycles. The summed E-state index contributed by atoms with van der Waals surface area (Å²) in [6.07, 6.45) is 10.3. The van der Waals surface area contributed by atoms with Crippen LogP contribution in [0.5, 0.6) is 0 Å². The number of Topliss-reactive ketones (excluding diaryl/α,β-unsaturated/α-hetero) is 1. The topological polar surface area (TPSA) is 116 Å². The van der Waals surface area contributed by atoms with E-state index in [1.165, 1.54) is 37.3 Å². The molecule has 0 spiro atoms. The zero-order valence-corrected chi connectivity index (χ0v) is 25.7. The zero-order valence-electron chi connectivity index (χ0n) is 19.6. The molecule has 0 aliphatic carbocycles. The standard InChI is InChI=1S/C8H18O2S4.C7H12O3.C4H5O3.Y/c1-11-5-7(9-13-3)8(6-12-2)10-14-4;1-3-10-7(9)5-4-6(2)8;5-3-1-2-4(6)7;/h7-8H,5-6H2,1-4H3;3-5H2,1-2H3;1-2H2,(H,6,7);/q;;-1;. The van der Waals surface area contributed by atoms with E-state index < -0.39 is 5.97 Å². The van der Waals surface area contributed by atoms with Gasteiger partial charge in [-0.05, 0) is 50.4 Å².